The Morgan fingerprint density at radius 1 is 1.08 bits per heavy atom. The Bertz CT molecular complexity index is 920. The van der Waals surface area contributed by atoms with Gasteiger partial charge in [-0.05, 0) is 36.4 Å². The summed E-state index contributed by atoms with van der Waals surface area (Å²) in [6.45, 7) is 1.39. The first kappa shape index (κ1) is 17.8. The van der Waals surface area contributed by atoms with Crippen LogP contribution < -0.4 is 0 Å². The summed E-state index contributed by atoms with van der Waals surface area (Å²) in [4.78, 5) is 25.0. The number of hydrogen-bond donors (Lipinski definition) is 0. The van der Waals surface area contributed by atoms with Gasteiger partial charge in [0.25, 0.3) is 0 Å². The highest BCUT2D eigenvalue weighted by atomic mass is 35.5. The lowest BCUT2D eigenvalue weighted by Crippen LogP contribution is -2.19. The van der Waals surface area contributed by atoms with Gasteiger partial charge in [0.1, 0.15) is 0 Å². The second-order valence-corrected chi connectivity index (χ2v) is 6.04. The van der Waals surface area contributed by atoms with Crippen molar-refractivity contribution in [2.24, 2.45) is 0 Å². The van der Waals surface area contributed by atoms with Gasteiger partial charge in [-0.3, -0.25) is 4.79 Å². The van der Waals surface area contributed by atoms with Gasteiger partial charge in [0.2, 0.25) is 5.82 Å². The molecule has 0 aliphatic heterocycles. The molecule has 0 amide bonds. The number of aromatic nitrogens is 4. The molecule has 132 valence electrons. The number of carbonyl (C=O) groups excluding carboxylic acids is 2. The fourth-order valence-electron chi connectivity index (χ4n) is 2.15. The van der Waals surface area contributed by atoms with E-state index in [4.69, 9.17) is 16.3 Å². The van der Waals surface area contributed by atoms with Gasteiger partial charge in [0.05, 0.1) is 0 Å². The topological polar surface area (TPSA) is 87.0 Å². The van der Waals surface area contributed by atoms with Crippen molar-refractivity contribution in [3.05, 3.63) is 64.7 Å². The van der Waals surface area contributed by atoms with Crippen molar-refractivity contribution in [3.8, 4) is 11.4 Å². The summed E-state index contributed by atoms with van der Waals surface area (Å²) in [5.74, 6) is -0.530. The molecule has 3 rings (SSSR count). The van der Waals surface area contributed by atoms with Crippen LogP contribution in [0.2, 0.25) is 5.02 Å². The molecule has 3 aromatic rings. The smallest absolute Gasteiger partial charge is 0.330 e. The molecule has 7 nitrogen and oxygen atoms in total. The zero-order valence-electron chi connectivity index (χ0n) is 13.9. The number of ketones is 1. The number of benzene rings is 2. The van der Waals surface area contributed by atoms with Crippen LogP contribution in [-0.4, -0.2) is 38.6 Å². The largest absolute Gasteiger partial charge is 0.456 e. The third kappa shape index (κ3) is 4.52. The molecule has 0 saturated carbocycles. The summed E-state index contributed by atoms with van der Waals surface area (Å²) >= 11 is 5.77. The van der Waals surface area contributed by atoms with E-state index >= 15 is 0 Å². The second kappa shape index (κ2) is 7.88. The van der Waals surface area contributed by atoms with E-state index in [-0.39, 0.29) is 18.9 Å². The molecule has 0 bridgehead atoms. The number of aryl methyl sites for hydroxylation is 1. The highest BCUT2D eigenvalue weighted by molar-refractivity contribution is 6.30. The number of tetrazole rings is 1. The summed E-state index contributed by atoms with van der Waals surface area (Å²) < 4.78 is 4.97. The van der Waals surface area contributed by atoms with Crippen LogP contribution in [0.5, 0.6) is 0 Å². The number of nitrogens with zero attached hydrogens (tertiary/aromatic N) is 4. The molecule has 0 fully saturated rings. The Kier molecular flexibility index (Phi) is 5.38. The molecule has 0 atom stereocenters. The minimum Gasteiger partial charge on any atom is -0.456 e. The highest BCUT2D eigenvalue weighted by Gasteiger charge is 2.13. The number of carbonyl (C=O) groups is 2. The molecular weight excluding hydrogens is 356 g/mol. The summed E-state index contributed by atoms with van der Waals surface area (Å²) in [5, 5.41) is 12.4. The zero-order valence-corrected chi connectivity index (χ0v) is 14.7. The summed E-state index contributed by atoms with van der Waals surface area (Å²) in [6, 6.07) is 14.0. The Hall–Kier alpha value is -3.06. The molecule has 0 unspecified atom stereocenters. The molecule has 0 N–H and O–H groups in total. The van der Waals surface area contributed by atoms with Gasteiger partial charge in [-0.1, -0.05) is 41.4 Å². The van der Waals surface area contributed by atoms with Crippen molar-refractivity contribution in [2.45, 2.75) is 13.5 Å². The van der Waals surface area contributed by atoms with E-state index in [1.54, 1.807) is 24.3 Å². The molecule has 1 heterocycles. The van der Waals surface area contributed by atoms with Gasteiger partial charge in [0.15, 0.2) is 18.9 Å². The van der Waals surface area contributed by atoms with E-state index in [1.165, 1.54) is 0 Å². The second-order valence-electron chi connectivity index (χ2n) is 5.60. The van der Waals surface area contributed by atoms with Crippen molar-refractivity contribution in [2.75, 3.05) is 6.61 Å². The molecule has 0 radical (unpaired) electrons. The number of halogens is 1. The monoisotopic (exact) mass is 370 g/mol. The van der Waals surface area contributed by atoms with Gasteiger partial charge >= 0.3 is 5.97 Å². The van der Waals surface area contributed by atoms with Crippen LogP contribution in [0, 0.1) is 6.92 Å². The van der Waals surface area contributed by atoms with Crippen molar-refractivity contribution in [1.82, 2.24) is 20.2 Å². The number of ether oxygens (including phenoxy) is 1. The molecule has 0 aliphatic rings. The number of rotatable bonds is 6. The van der Waals surface area contributed by atoms with Crippen molar-refractivity contribution >= 4 is 23.4 Å². The SMILES string of the molecule is Cc1ccc(-c2nnn(CC(=O)OCC(=O)c3ccc(Cl)cc3)n2)cc1. The fourth-order valence-corrected chi connectivity index (χ4v) is 2.28. The average Bonchev–Trinajstić information content (AvgIpc) is 3.09. The van der Waals surface area contributed by atoms with Crippen LogP contribution in [0.25, 0.3) is 11.4 Å². The Morgan fingerprint density at radius 2 is 1.77 bits per heavy atom. The third-order valence-corrected chi connectivity index (χ3v) is 3.82. The third-order valence-electron chi connectivity index (χ3n) is 3.56. The summed E-state index contributed by atoms with van der Waals surface area (Å²) in [7, 11) is 0. The predicted octanol–water partition coefficient (Wildman–Crippen LogP) is 2.73. The first-order valence-electron chi connectivity index (χ1n) is 7.80. The maximum atomic E-state index is 12.0. The fraction of sp³-hybridized carbons (Fsp3) is 0.167. The van der Waals surface area contributed by atoms with Gasteiger partial charge in [-0.25, -0.2) is 4.79 Å². The Labute approximate surface area is 154 Å². The van der Waals surface area contributed by atoms with Gasteiger partial charge < -0.3 is 4.74 Å². The normalized spacial score (nSPS) is 10.5. The molecule has 8 heteroatoms. The van der Waals surface area contributed by atoms with Crippen LogP contribution in [0.4, 0.5) is 0 Å². The maximum absolute atomic E-state index is 12.0. The van der Waals surface area contributed by atoms with Gasteiger partial charge in [-0.2, -0.15) is 4.80 Å². The lowest BCUT2D eigenvalue weighted by Gasteiger charge is -2.04. The minimum absolute atomic E-state index is 0.229. The minimum atomic E-state index is -0.625. The molecule has 0 spiro atoms. The van der Waals surface area contributed by atoms with E-state index in [0.29, 0.717) is 16.4 Å². The van der Waals surface area contributed by atoms with E-state index < -0.39 is 5.97 Å². The molecule has 1 aromatic heterocycles. The van der Waals surface area contributed by atoms with Crippen LogP contribution in [0.3, 0.4) is 0 Å². The molecular formula is C18H15ClN4O3. The van der Waals surface area contributed by atoms with Crippen molar-refractivity contribution in [3.63, 3.8) is 0 Å². The number of esters is 1. The predicted molar refractivity (Wildman–Crippen MR) is 94.7 cm³/mol. The standard InChI is InChI=1S/C18H15ClN4O3/c1-12-2-4-14(5-3-12)18-20-22-23(21-18)10-17(25)26-11-16(24)13-6-8-15(19)9-7-13/h2-9H,10-11H2,1H3. The van der Waals surface area contributed by atoms with E-state index in [9.17, 15) is 9.59 Å². The molecule has 26 heavy (non-hydrogen) atoms. The Morgan fingerprint density at radius 3 is 2.46 bits per heavy atom. The van der Waals surface area contributed by atoms with E-state index in [1.807, 2.05) is 31.2 Å². The summed E-state index contributed by atoms with van der Waals surface area (Å²) in [6.07, 6.45) is 0. The van der Waals surface area contributed by atoms with Crippen LogP contribution in [0.15, 0.2) is 48.5 Å². The number of hydrogen-bond acceptors (Lipinski definition) is 6. The number of Topliss-reactive ketones (excluding diaryl/α,β-unsaturated/α-hetero) is 1. The van der Waals surface area contributed by atoms with Crippen molar-refractivity contribution in [1.29, 1.82) is 0 Å². The average molecular weight is 371 g/mol. The maximum Gasteiger partial charge on any atom is 0.330 e. The van der Waals surface area contributed by atoms with Crippen LogP contribution in [-0.2, 0) is 16.1 Å². The quantitative estimate of drug-likeness (QED) is 0.489. The zero-order chi connectivity index (χ0) is 18.5. The lowest BCUT2D eigenvalue weighted by molar-refractivity contribution is -0.143. The highest BCUT2D eigenvalue weighted by Crippen LogP contribution is 2.14. The lowest BCUT2D eigenvalue weighted by atomic mass is 10.1. The molecule has 0 saturated heterocycles. The van der Waals surface area contributed by atoms with E-state index in [2.05, 4.69) is 15.4 Å². The molecule has 0 aliphatic carbocycles. The van der Waals surface area contributed by atoms with Crippen LogP contribution in [0.1, 0.15) is 15.9 Å². The first-order chi connectivity index (χ1) is 12.5. The molecule has 2 aromatic carbocycles. The Balaban J connectivity index is 1.54. The van der Waals surface area contributed by atoms with E-state index in [0.717, 1.165) is 15.9 Å². The van der Waals surface area contributed by atoms with Gasteiger partial charge in [-0.15, -0.1) is 10.2 Å². The first-order valence-corrected chi connectivity index (χ1v) is 8.18. The van der Waals surface area contributed by atoms with Gasteiger partial charge in [0, 0.05) is 16.1 Å². The summed E-state index contributed by atoms with van der Waals surface area (Å²) in [5.41, 5.74) is 2.34. The van der Waals surface area contributed by atoms with Crippen LogP contribution >= 0.6 is 11.6 Å². The van der Waals surface area contributed by atoms with Crippen molar-refractivity contribution < 1.29 is 14.3 Å².